The van der Waals surface area contributed by atoms with Crippen LogP contribution in [0.15, 0.2) is 49.1 Å². The van der Waals surface area contributed by atoms with E-state index >= 15 is 0 Å². The summed E-state index contributed by atoms with van der Waals surface area (Å²) in [5.41, 5.74) is 2.41. The third-order valence-corrected chi connectivity index (χ3v) is 11.0. The lowest BCUT2D eigenvalue weighted by Crippen LogP contribution is -2.68. The number of phenols is 1. The Labute approximate surface area is 213 Å². The molecule has 2 fully saturated rings. The topological polar surface area (TPSA) is 79.3 Å². The SMILES string of the molecule is C=CCN1CC[C@]23c4c5c(O)cc(OC)c4O[C@H]2[C@H](N(C)S(=O)(=O)Cc2ccccc2)CC[C@H]3[C@H]1C5. The van der Waals surface area contributed by atoms with E-state index in [2.05, 4.69) is 11.5 Å². The number of hydrogen-bond donors (Lipinski definition) is 1. The average Bonchev–Trinajstić information content (AvgIpc) is 3.21. The maximum absolute atomic E-state index is 13.6. The van der Waals surface area contributed by atoms with Crippen molar-refractivity contribution in [3.8, 4) is 17.2 Å². The van der Waals surface area contributed by atoms with Crippen molar-refractivity contribution in [1.29, 1.82) is 0 Å². The van der Waals surface area contributed by atoms with Crippen molar-refractivity contribution in [3.05, 3.63) is 65.7 Å². The number of methoxy groups -OCH3 is 1. The molecule has 36 heavy (non-hydrogen) atoms. The zero-order valence-electron chi connectivity index (χ0n) is 20.9. The first-order valence-corrected chi connectivity index (χ1v) is 14.4. The summed E-state index contributed by atoms with van der Waals surface area (Å²) >= 11 is 0. The van der Waals surface area contributed by atoms with Crippen molar-refractivity contribution in [2.45, 2.75) is 55.0 Å². The molecule has 2 heterocycles. The van der Waals surface area contributed by atoms with E-state index in [-0.39, 0.29) is 35.1 Å². The van der Waals surface area contributed by atoms with Crippen LogP contribution in [0.2, 0.25) is 0 Å². The van der Waals surface area contributed by atoms with Crippen LogP contribution in [0.4, 0.5) is 0 Å². The number of likely N-dealkylation sites (tertiary alicyclic amines) is 1. The van der Waals surface area contributed by atoms with Gasteiger partial charge in [-0.1, -0.05) is 36.4 Å². The minimum absolute atomic E-state index is 0.0396. The number of rotatable bonds is 7. The van der Waals surface area contributed by atoms with Crippen molar-refractivity contribution in [2.75, 3.05) is 27.2 Å². The highest BCUT2D eigenvalue weighted by molar-refractivity contribution is 7.88. The molecule has 2 aromatic rings. The molecular weight excluding hydrogens is 476 g/mol. The Bertz CT molecular complexity index is 1300. The highest BCUT2D eigenvalue weighted by atomic mass is 32.2. The van der Waals surface area contributed by atoms with Gasteiger partial charge < -0.3 is 14.6 Å². The summed E-state index contributed by atoms with van der Waals surface area (Å²) in [6.07, 6.45) is 4.86. The molecule has 1 N–H and O–H groups in total. The summed E-state index contributed by atoms with van der Waals surface area (Å²) in [6.45, 7) is 5.65. The second-order valence-corrected chi connectivity index (χ2v) is 12.7. The predicted molar refractivity (Wildman–Crippen MR) is 138 cm³/mol. The van der Waals surface area contributed by atoms with E-state index in [1.54, 1.807) is 24.5 Å². The molecular formula is C28H34N2O5S. The van der Waals surface area contributed by atoms with Crippen molar-refractivity contribution in [1.82, 2.24) is 9.21 Å². The Morgan fingerprint density at radius 3 is 2.81 bits per heavy atom. The molecule has 2 aliphatic carbocycles. The summed E-state index contributed by atoms with van der Waals surface area (Å²) in [4.78, 5) is 2.47. The molecule has 4 aliphatic rings. The van der Waals surface area contributed by atoms with E-state index in [4.69, 9.17) is 9.47 Å². The number of ether oxygens (including phenoxy) is 2. The molecule has 7 nitrogen and oxygen atoms in total. The molecule has 6 rings (SSSR count). The number of hydrogen-bond acceptors (Lipinski definition) is 6. The standard InChI is InChI=1S/C28H34N2O5S/c1-4-13-30-14-12-28-20-10-11-21(29(2)36(32,33)17-18-8-6-5-7-9-18)27(28)35-26-24(34-3)16-23(31)19(25(26)28)15-22(20)30/h4-9,16,20-22,27,31H,1,10-15,17H2,2-3H3/t20-,21+,22+,27-,28-/m0/s1. The summed E-state index contributed by atoms with van der Waals surface area (Å²) in [5, 5.41) is 11.1. The Balaban J connectivity index is 1.44. The van der Waals surface area contributed by atoms with Gasteiger partial charge in [0.05, 0.1) is 18.9 Å². The van der Waals surface area contributed by atoms with E-state index in [0.29, 0.717) is 17.4 Å². The van der Waals surface area contributed by atoms with Gasteiger partial charge in [0.2, 0.25) is 10.0 Å². The molecule has 0 radical (unpaired) electrons. The zero-order chi connectivity index (χ0) is 25.2. The Morgan fingerprint density at radius 2 is 2.08 bits per heavy atom. The van der Waals surface area contributed by atoms with Gasteiger partial charge in [-0.2, -0.15) is 4.31 Å². The molecule has 2 aromatic carbocycles. The van der Waals surface area contributed by atoms with Gasteiger partial charge in [0.15, 0.2) is 11.5 Å². The van der Waals surface area contributed by atoms with Crippen molar-refractivity contribution >= 4 is 10.0 Å². The normalized spacial score (nSPS) is 30.5. The molecule has 1 saturated heterocycles. The lowest BCUT2D eigenvalue weighted by molar-refractivity contribution is -0.0715. The van der Waals surface area contributed by atoms with E-state index in [0.717, 1.165) is 55.5 Å². The number of phenolic OH excluding ortho intramolecular Hbond substituents is 1. The Kier molecular flexibility index (Phi) is 5.63. The zero-order valence-corrected chi connectivity index (χ0v) is 21.7. The number of piperidine rings is 1. The maximum Gasteiger partial charge on any atom is 0.218 e. The van der Waals surface area contributed by atoms with Gasteiger partial charge in [-0.15, -0.1) is 6.58 Å². The van der Waals surface area contributed by atoms with E-state index < -0.39 is 10.0 Å². The highest BCUT2D eigenvalue weighted by Gasteiger charge is 2.67. The molecule has 0 amide bonds. The van der Waals surface area contributed by atoms with Crippen LogP contribution >= 0.6 is 0 Å². The third-order valence-electron chi connectivity index (χ3n) is 9.17. The number of likely N-dealkylation sites (N-methyl/N-ethyl adjacent to an activating group) is 1. The highest BCUT2D eigenvalue weighted by Crippen LogP contribution is 2.65. The van der Waals surface area contributed by atoms with E-state index in [1.165, 1.54) is 0 Å². The first-order chi connectivity index (χ1) is 17.3. The lowest BCUT2D eigenvalue weighted by Gasteiger charge is -2.60. The fraction of sp³-hybridized carbons (Fsp3) is 0.500. The average molecular weight is 511 g/mol. The van der Waals surface area contributed by atoms with Gasteiger partial charge in [-0.05, 0) is 43.7 Å². The maximum atomic E-state index is 13.6. The van der Waals surface area contributed by atoms with Crippen molar-refractivity contribution in [2.24, 2.45) is 5.92 Å². The van der Waals surface area contributed by atoms with Gasteiger partial charge in [-0.25, -0.2) is 8.42 Å². The largest absolute Gasteiger partial charge is 0.508 e. The summed E-state index contributed by atoms with van der Waals surface area (Å²) < 4.78 is 41.2. The third kappa shape index (κ3) is 3.27. The Morgan fingerprint density at radius 1 is 1.31 bits per heavy atom. The van der Waals surface area contributed by atoms with Crippen LogP contribution in [-0.4, -0.2) is 68.2 Å². The second-order valence-electron chi connectivity index (χ2n) is 10.7. The van der Waals surface area contributed by atoms with Gasteiger partial charge in [0.1, 0.15) is 11.9 Å². The van der Waals surface area contributed by atoms with Crippen LogP contribution in [0.3, 0.4) is 0 Å². The first kappa shape index (κ1) is 23.8. The minimum Gasteiger partial charge on any atom is -0.508 e. The van der Waals surface area contributed by atoms with Gasteiger partial charge in [0, 0.05) is 42.2 Å². The Hall–Kier alpha value is -2.55. The van der Waals surface area contributed by atoms with Crippen LogP contribution in [0.1, 0.15) is 36.0 Å². The number of nitrogens with zero attached hydrogens (tertiary/aromatic N) is 2. The summed E-state index contributed by atoms with van der Waals surface area (Å²) in [7, 11) is -0.282. The molecule has 2 bridgehead atoms. The molecule has 192 valence electrons. The minimum atomic E-state index is -3.57. The van der Waals surface area contributed by atoms with Crippen molar-refractivity contribution < 1.29 is 23.0 Å². The smallest absolute Gasteiger partial charge is 0.218 e. The number of aromatic hydroxyl groups is 1. The molecule has 1 saturated carbocycles. The molecule has 5 atom stereocenters. The van der Waals surface area contributed by atoms with E-state index in [9.17, 15) is 13.5 Å². The first-order valence-electron chi connectivity index (χ1n) is 12.8. The van der Waals surface area contributed by atoms with Crippen LogP contribution in [-0.2, 0) is 27.6 Å². The van der Waals surface area contributed by atoms with Gasteiger partial charge in [-0.3, -0.25) is 4.90 Å². The monoisotopic (exact) mass is 510 g/mol. The van der Waals surface area contributed by atoms with Gasteiger partial charge >= 0.3 is 0 Å². The number of benzene rings is 2. The van der Waals surface area contributed by atoms with Crippen LogP contribution in [0, 0.1) is 5.92 Å². The second kappa shape index (κ2) is 8.50. The van der Waals surface area contributed by atoms with Crippen LogP contribution in [0.25, 0.3) is 0 Å². The number of sulfonamides is 1. The summed E-state index contributed by atoms with van der Waals surface area (Å²) in [5.74, 6) is 1.73. The summed E-state index contributed by atoms with van der Waals surface area (Å²) in [6, 6.07) is 10.9. The quantitative estimate of drug-likeness (QED) is 0.575. The molecule has 8 heteroatoms. The van der Waals surface area contributed by atoms with Gasteiger partial charge in [0.25, 0.3) is 0 Å². The fourth-order valence-electron chi connectivity index (χ4n) is 7.66. The van der Waals surface area contributed by atoms with Crippen LogP contribution < -0.4 is 9.47 Å². The molecule has 2 aliphatic heterocycles. The predicted octanol–water partition coefficient (Wildman–Crippen LogP) is 3.46. The van der Waals surface area contributed by atoms with Crippen molar-refractivity contribution in [3.63, 3.8) is 0 Å². The fourth-order valence-corrected chi connectivity index (χ4v) is 9.11. The van der Waals surface area contributed by atoms with E-state index in [1.807, 2.05) is 36.4 Å². The molecule has 1 spiro atoms. The van der Waals surface area contributed by atoms with Crippen LogP contribution in [0.5, 0.6) is 17.2 Å². The molecule has 0 unspecified atom stereocenters. The molecule has 0 aromatic heterocycles. The lowest BCUT2D eigenvalue weighted by atomic mass is 9.51.